The number of Topliss-reactive ketones (excluding diaryl/α,β-unsaturated/α-hetero) is 1. The number of imide groups is 1. The number of esters is 1. The number of halogens is 2. The van der Waals surface area contributed by atoms with E-state index in [4.69, 9.17) is 28.8 Å². The van der Waals surface area contributed by atoms with Crippen molar-refractivity contribution in [1.29, 1.82) is 0 Å². The fraction of sp³-hybridized carbons (Fsp3) is 0.512. The summed E-state index contributed by atoms with van der Waals surface area (Å²) in [7, 11) is 2.67. The van der Waals surface area contributed by atoms with Gasteiger partial charge in [0.25, 0.3) is 0 Å². The molecule has 2 unspecified atom stereocenters. The van der Waals surface area contributed by atoms with E-state index in [2.05, 4.69) is 5.32 Å². The zero-order chi connectivity index (χ0) is 45.2. The first kappa shape index (κ1) is 47.2. The molecule has 3 aromatic rings. The number of amides is 4. The van der Waals surface area contributed by atoms with Crippen LogP contribution in [0.1, 0.15) is 92.9 Å². The van der Waals surface area contributed by atoms with E-state index >= 15 is 8.78 Å². The van der Waals surface area contributed by atoms with Gasteiger partial charge in [-0.15, -0.1) is 11.3 Å². The summed E-state index contributed by atoms with van der Waals surface area (Å²) in [5.41, 5.74) is 0.754. The molecule has 2 aliphatic heterocycles. The number of hydrogen-bond donors (Lipinski definition) is 2. The molecule has 5 rings (SSSR count). The number of thiophene rings is 1. The molecule has 0 spiro atoms. The third-order valence-electron chi connectivity index (χ3n) is 10.7. The predicted molar refractivity (Wildman–Crippen MR) is 219 cm³/mol. The largest absolute Gasteiger partial charge is 0.493 e. The highest BCUT2D eigenvalue weighted by atomic mass is 32.1. The zero-order valence-electron chi connectivity index (χ0n) is 35.3. The normalized spacial score (nSPS) is 15.6. The van der Waals surface area contributed by atoms with Crippen LogP contribution in [-0.2, 0) is 46.6 Å². The monoisotopic (exact) mass is 887 g/mol. The highest BCUT2D eigenvalue weighted by Crippen LogP contribution is 2.41. The molecular weight excluding hydrogens is 837 g/mol. The first-order valence-corrected chi connectivity index (χ1v) is 21.1. The van der Waals surface area contributed by atoms with Gasteiger partial charge in [-0.3, -0.25) is 38.5 Å². The molecule has 62 heavy (non-hydrogen) atoms. The van der Waals surface area contributed by atoms with E-state index in [1.165, 1.54) is 31.3 Å². The first-order chi connectivity index (χ1) is 29.6. The number of carboxylic acids is 1. The van der Waals surface area contributed by atoms with E-state index in [9.17, 15) is 33.6 Å². The molecule has 2 aromatic carbocycles. The standard InChI is InChI=1S/C43H51F2N3O13S/c1-6-8-23(2)26-17-36(52)48(43(26)56)22-34(50)46-19-24(3)61-38(55)12-9-29(49)33-16-27-32(62-33)18-31(58-5)42(39(27)44)60-14-7-13-59-41-30(57-4)15-25-20-47(21-28(25)40(41)45)35(51)10-11-37(53)54/h15-16,18,23-24,26H,6-14,17,19-22H2,1-5H3,(H,46,50)(H,53,54)/t23?,24-,26?/m1/s1. The number of aliphatic carboxylic acids is 1. The number of nitrogens with one attached hydrogen (secondary N) is 1. The Labute approximate surface area is 360 Å². The van der Waals surface area contributed by atoms with Gasteiger partial charge in [0, 0.05) is 66.4 Å². The summed E-state index contributed by atoms with van der Waals surface area (Å²) in [4.78, 5) is 89.2. The number of carbonyl (C=O) groups is 7. The second-order valence-electron chi connectivity index (χ2n) is 15.2. The highest BCUT2D eigenvalue weighted by molar-refractivity contribution is 7.20. The van der Waals surface area contributed by atoms with Gasteiger partial charge in [0.1, 0.15) is 12.6 Å². The van der Waals surface area contributed by atoms with Crippen molar-refractivity contribution in [2.75, 3.05) is 40.5 Å². The average molecular weight is 888 g/mol. The lowest BCUT2D eigenvalue weighted by molar-refractivity contribution is -0.148. The Balaban J connectivity index is 1.08. The van der Waals surface area contributed by atoms with Gasteiger partial charge >= 0.3 is 11.9 Å². The number of benzene rings is 2. The number of ketones is 1. The number of hydrogen-bond acceptors (Lipinski definition) is 13. The van der Waals surface area contributed by atoms with Crippen LogP contribution in [0.2, 0.25) is 0 Å². The maximum Gasteiger partial charge on any atom is 0.306 e. The molecule has 2 aliphatic rings. The van der Waals surface area contributed by atoms with Gasteiger partial charge < -0.3 is 39.0 Å². The van der Waals surface area contributed by atoms with Crippen LogP contribution in [0.25, 0.3) is 10.1 Å². The van der Waals surface area contributed by atoms with Gasteiger partial charge in [-0.1, -0.05) is 26.7 Å². The summed E-state index contributed by atoms with van der Waals surface area (Å²) in [5.74, 6) is -6.08. The van der Waals surface area contributed by atoms with E-state index in [1.54, 1.807) is 13.0 Å². The second-order valence-corrected chi connectivity index (χ2v) is 16.3. The fourth-order valence-electron chi connectivity index (χ4n) is 7.32. The lowest BCUT2D eigenvalue weighted by Gasteiger charge is -2.19. The van der Waals surface area contributed by atoms with Crippen LogP contribution in [0.3, 0.4) is 0 Å². The third-order valence-corrected chi connectivity index (χ3v) is 11.8. The van der Waals surface area contributed by atoms with Crippen molar-refractivity contribution < 1.29 is 71.1 Å². The molecule has 3 heterocycles. The number of carbonyl (C=O) groups excluding carboxylic acids is 6. The molecule has 0 saturated carbocycles. The second kappa shape index (κ2) is 21.3. The number of carboxylic acid groups (broad SMARTS) is 1. The van der Waals surface area contributed by atoms with E-state index in [1.807, 2.05) is 13.8 Å². The van der Waals surface area contributed by atoms with Gasteiger partial charge in [-0.05, 0) is 30.5 Å². The van der Waals surface area contributed by atoms with E-state index < -0.39 is 65.6 Å². The molecule has 19 heteroatoms. The van der Waals surface area contributed by atoms with E-state index in [0.717, 1.165) is 29.1 Å². The number of nitrogens with zero attached hydrogens (tertiary/aromatic N) is 2. The third kappa shape index (κ3) is 11.3. The Bertz CT molecular complexity index is 2210. The van der Waals surface area contributed by atoms with Crippen molar-refractivity contribution in [1.82, 2.24) is 15.1 Å². The Hall–Kier alpha value is -5.85. The van der Waals surface area contributed by atoms with Crippen LogP contribution in [0.15, 0.2) is 18.2 Å². The van der Waals surface area contributed by atoms with Gasteiger partial charge in [-0.2, -0.15) is 0 Å². The van der Waals surface area contributed by atoms with Crippen molar-refractivity contribution in [3.05, 3.63) is 45.8 Å². The number of rotatable bonds is 23. The quantitative estimate of drug-likeness (QED) is 0.0518. The lowest BCUT2D eigenvalue weighted by atomic mass is 9.89. The van der Waals surface area contributed by atoms with Crippen LogP contribution in [0.5, 0.6) is 23.0 Å². The molecule has 2 N–H and O–H groups in total. The molecular formula is C43H51F2N3O13S. The summed E-state index contributed by atoms with van der Waals surface area (Å²) in [5, 5.41) is 11.6. The van der Waals surface area contributed by atoms with Crippen molar-refractivity contribution in [2.24, 2.45) is 11.8 Å². The summed E-state index contributed by atoms with van der Waals surface area (Å²) in [6.07, 6.45) is 0.0859. The fourth-order valence-corrected chi connectivity index (χ4v) is 8.38. The molecule has 3 atom stereocenters. The minimum absolute atomic E-state index is 0.0262. The maximum atomic E-state index is 15.8. The number of methoxy groups -OCH3 is 2. The molecule has 0 radical (unpaired) electrons. The minimum Gasteiger partial charge on any atom is -0.493 e. The molecule has 1 saturated heterocycles. The Morgan fingerprint density at radius 1 is 0.919 bits per heavy atom. The van der Waals surface area contributed by atoms with Gasteiger partial charge in [0.2, 0.25) is 23.6 Å². The SMILES string of the molecule is CCCC(C)C1CC(=O)N(CC(=O)NC[C@@H](C)OC(=O)CCC(=O)c2cc3c(F)c(OCCCOc4c(OC)cc5c(c4F)CN(C(=O)CCC(=O)O)C5)c(OC)cc3s2)C1=O. The summed E-state index contributed by atoms with van der Waals surface area (Å²) >= 11 is 1.01. The predicted octanol–water partition coefficient (Wildman–Crippen LogP) is 5.57. The first-order valence-electron chi connectivity index (χ1n) is 20.3. The Morgan fingerprint density at radius 3 is 2.26 bits per heavy atom. The van der Waals surface area contributed by atoms with Crippen LogP contribution in [0, 0.1) is 23.5 Å². The van der Waals surface area contributed by atoms with Gasteiger partial charge in [0.05, 0.1) is 51.7 Å². The summed E-state index contributed by atoms with van der Waals surface area (Å²) in [6.45, 7) is 4.87. The molecule has 1 fully saturated rings. The maximum absolute atomic E-state index is 15.8. The van der Waals surface area contributed by atoms with Crippen molar-refractivity contribution >= 4 is 62.8 Å². The van der Waals surface area contributed by atoms with Gasteiger partial charge in [0.15, 0.2) is 40.4 Å². The van der Waals surface area contributed by atoms with Crippen LogP contribution in [-0.4, -0.2) is 103 Å². The zero-order valence-corrected chi connectivity index (χ0v) is 36.1. The van der Waals surface area contributed by atoms with Gasteiger partial charge in [-0.25, -0.2) is 8.78 Å². The van der Waals surface area contributed by atoms with E-state index in [-0.39, 0.29) is 122 Å². The van der Waals surface area contributed by atoms with E-state index in [0.29, 0.717) is 10.3 Å². The molecule has 336 valence electrons. The molecule has 0 bridgehead atoms. The molecule has 4 amide bonds. The smallest absolute Gasteiger partial charge is 0.306 e. The van der Waals surface area contributed by atoms with Crippen molar-refractivity contribution in [2.45, 2.75) is 91.3 Å². The average Bonchev–Trinajstić information content (AvgIpc) is 3.95. The number of fused-ring (bicyclic) bond motifs is 2. The Morgan fingerprint density at radius 2 is 1.60 bits per heavy atom. The molecule has 1 aromatic heterocycles. The summed E-state index contributed by atoms with van der Waals surface area (Å²) in [6, 6.07) is 4.46. The van der Waals surface area contributed by atoms with Crippen molar-refractivity contribution in [3.63, 3.8) is 0 Å². The summed E-state index contributed by atoms with van der Waals surface area (Å²) < 4.78 is 59.3. The van der Waals surface area contributed by atoms with Crippen LogP contribution < -0.4 is 24.3 Å². The topological polar surface area (TPSA) is 204 Å². The van der Waals surface area contributed by atoms with Crippen LogP contribution >= 0.6 is 11.3 Å². The molecule has 16 nitrogen and oxygen atoms in total. The number of ether oxygens (including phenoxy) is 5. The minimum atomic E-state index is -1.11. The lowest BCUT2D eigenvalue weighted by Crippen LogP contribution is -2.43. The molecule has 0 aliphatic carbocycles. The van der Waals surface area contributed by atoms with Crippen molar-refractivity contribution in [3.8, 4) is 23.0 Å². The Kier molecular flexibility index (Phi) is 16.2. The number of likely N-dealkylation sites (tertiary alicyclic amines) is 1. The van der Waals surface area contributed by atoms with Crippen LogP contribution in [0.4, 0.5) is 8.78 Å². The highest BCUT2D eigenvalue weighted by Gasteiger charge is 2.41.